The van der Waals surface area contributed by atoms with Gasteiger partial charge in [0.05, 0.1) is 12.2 Å². The number of aromatic amines is 1. The molecule has 0 saturated heterocycles. The summed E-state index contributed by atoms with van der Waals surface area (Å²) in [6.45, 7) is 1.93. The highest BCUT2D eigenvalue weighted by Gasteiger charge is 2.25. The molecule has 0 saturated carbocycles. The van der Waals surface area contributed by atoms with Crippen molar-refractivity contribution in [3.8, 4) is 0 Å². The van der Waals surface area contributed by atoms with Crippen LogP contribution in [0.15, 0.2) is 54.7 Å². The van der Waals surface area contributed by atoms with Crippen LogP contribution < -0.4 is 5.32 Å². The second-order valence-electron chi connectivity index (χ2n) is 6.05. The van der Waals surface area contributed by atoms with Gasteiger partial charge < -0.3 is 15.0 Å². The van der Waals surface area contributed by atoms with Gasteiger partial charge in [-0.05, 0) is 19.1 Å². The molecule has 0 fully saturated rings. The Bertz CT molecular complexity index is 1220. The lowest BCUT2D eigenvalue weighted by molar-refractivity contribution is -0.112. The van der Waals surface area contributed by atoms with E-state index in [2.05, 4.69) is 10.3 Å². The Labute approximate surface area is 164 Å². The van der Waals surface area contributed by atoms with Crippen molar-refractivity contribution in [2.24, 2.45) is 0 Å². The standard InChI is InChI=1S/C21H16N2O4S/c1-2-27-21(26)17-13-8-4-6-10-16(13)28-20(17)23-19(25)18(24)14-11-22-15-9-5-3-7-12(14)15/h3-11,22H,2H2,1H3,(H,23,25). The Morgan fingerprint density at radius 1 is 1.04 bits per heavy atom. The van der Waals surface area contributed by atoms with E-state index in [0.29, 0.717) is 15.8 Å². The van der Waals surface area contributed by atoms with E-state index in [-0.39, 0.29) is 17.7 Å². The monoisotopic (exact) mass is 392 g/mol. The number of Topliss-reactive ketones (excluding diaryl/α,β-unsaturated/α-hetero) is 1. The summed E-state index contributed by atoms with van der Waals surface area (Å²) >= 11 is 1.23. The number of benzene rings is 2. The van der Waals surface area contributed by atoms with Gasteiger partial charge in [-0.25, -0.2) is 4.79 Å². The van der Waals surface area contributed by atoms with E-state index in [9.17, 15) is 14.4 Å². The third-order valence-corrected chi connectivity index (χ3v) is 5.43. The number of carbonyl (C=O) groups is 3. The summed E-state index contributed by atoms with van der Waals surface area (Å²) in [6.07, 6.45) is 1.52. The summed E-state index contributed by atoms with van der Waals surface area (Å²) in [5, 5.41) is 4.26. The molecule has 4 rings (SSSR count). The molecule has 0 bridgehead atoms. The van der Waals surface area contributed by atoms with Gasteiger partial charge in [0.1, 0.15) is 10.6 Å². The van der Waals surface area contributed by atoms with Crippen molar-refractivity contribution in [3.63, 3.8) is 0 Å². The van der Waals surface area contributed by atoms with E-state index >= 15 is 0 Å². The third-order valence-electron chi connectivity index (χ3n) is 4.34. The molecular formula is C21H16N2O4S. The Morgan fingerprint density at radius 3 is 2.54 bits per heavy atom. The van der Waals surface area contributed by atoms with E-state index in [0.717, 1.165) is 10.2 Å². The number of H-pyrrole nitrogens is 1. The quantitative estimate of drug-likeness (QED) is 0.300. The van der Waals surface area contributed by atoms with Gasteiger partial charge in [-0.15, -0.1) is 11.3 Å². The van der Waals surface area contributed by atoms with E-state index in [4.69, 9.17) is 4.74 Å². The molecule has 0 unspecified atom stereocenters. The molecule has 2 heterocycles. The molecule has 2 aromatic heterocycles. The van der Waals surface area contributed by atoms with Gasteiger partial charge in [0, 0.05) is 27.2 Å². The second kappa shape index (κ2) is 7.28. The van der Waals surface area contributed by atoms with Crippen molar-refractivity contribution in [3.05, 3.63) is 65.9 Å². The van der Waals surface area contributed by atoms with E-state index < -0.39 is 17.7 Å². The minimum absolute atomic E-state index is 0.213. The fraction of sp³-hybridized carbons (Fsp3) is 0.0952. The van der Waals surface area contributed by atoms with Crippen molar-refractivity contribution >= 4 is 55.0 Å². The number of ketones is 1. The number of fused-ring (bicyclic) bond motifs is 2. The number of aromatic nitrogens is 1. The predicted molar refractivity (Wildman–Crippen MR) is 109 cm³/mol. The predicted octanol–water partition coefficient (Wildman–Crippen LogP) is 4.38. The summed E-state index contributed by atoms with van der Waals surface area (Å²) in [7, 11) is 0. The molecule has 6 nitrogen and oxygen atoms in total. The number of hydrogen-bond donors (Lipinski definition) is 2. The summed E-state index contributed by atoms with van der Waals surface area (Å²) < 4.78 is 5.95. The highest BCUT2D eigenvalue weighted by Crippen LogP contribution is 2.36. The lowest BCUT2D eigenvalue weighted by atomic mass is 10.1. The van der Waals surface area contributed by atoms with Crippen LogP contribution in [0.3, 0.4) is 0 Å². The minimum atomic E-state index is -0.804. The van der Waals surface area contributed by atoms with Gasteiger partial charge in [0.25, 0.3) is 11.7 Å². The van der Waals surface area contributed by atoms with E-state index in [1.54, 1.807) is 31.2 Å². The number of para-hydroxylation sites is 1. The highest BCUT2D eigenvalue weighted by molar-refractivity contribution is 7.23. The van der Waals surface area contributed by atoms with E-state index in [1.165, 1.54) is 17.5 Å². The van der Waals surface area contributed by atoms with Gasteiger partial charge in [0.2, 0.25) is 0 Å². The van der Waals surface area contributed by atoms with Crippen LogP contribution >= 0.6 is 11.3 Å². The van der Waals surface area contributed by atoms with Crippen LogP contribution in [-0.2, 0) is 9.53 Å². The number of amides is 1. The molecule has 28 heavy (non-hydrogen) atoms. The molecular weight excluding hydrogens is 376 g/mol. The number of carbonyl (C=O) groups excluding carboxylic acids is 3. The van der Waals surface area contributed by atoms with Crippen LogP contribution in [0.1, 0.15) is 27.6 Å². The normalized spacial score (nSPS) is 10.9. The van der Waals surface area contributed by atoms with Crippen LogP contribution in [0, 0.1) is 0 Å². The number of nitrogens with one attached hydrogen (secondary N) is 2. The van der Waals surface area contributed by atoms with Crippen LogP contribution in [0.25, 0.3) is 21.0 Å². The zero-order valence-corrected chi connectivity index (χ0v) is 15.8. The van der Waals surface area contributed by atoms with Crippen molar-refractivity contribution < 1.29 is 19.1 Å². The van der Waals surface area contributed by atoms with Gasteiger partial charge in [-0.1, -0.05) is 36.4 Å². The number of thiophene rings is 1. The molecule has 140 valence electrons. The summed E-state index contributed by atoms with van der Waals surface area (Å²) in [6, 6.07) is 14.5. The van der Waals surface area contributed by atoms with Crippen LogP contribution in [0.4, 0.5) is 5.00 Å². The van der Waals surface area contributed by atoms with Gasteiger partial charge in [-0.3, -0.25) is 9.59 Å². The molecule has 0 aliphatic rings. The SMILES string of the molecule is CCOC(=O)c1c(NC(=O)C(=O)c2c[nH]c3ccccc23)sc2ccccc12. The number of esters is 1. The van der Waals surface area contributed by atoms with Crippen LogP contribution in [-0.4, -0.2) is 29.3 Å². The molecule has 2 aromatic carbocycles. The fourth-order valence-electron chi connectivity index (χ4n) is 3.08. The molecule has 2 N–H and O–H groups in total. The second-order valence-corrected chi connectivity index (χ2v) is 7.11. The first-order valence-corrected chi connectivity index (χ1v) is 9.52. The first-order valence-electron chi connectivity index (χ1n) is 8.70. The fourth-order valence-corrected chi connectivity index (χ4v) is 4.17. The molecule has 0 aliphatic heterocycles. The third kappa shape index (κ3) is 3.05. The maximum atomic E-state index is 12.7. The van der Waals surface area contributed by atoms with Crippen molar-refractivity contribution in [1.29, 1.82) is 0 Å². The Morgan fingerprint density at radius 2 is 1.75 bits per heavy atom. The maximum Gasteiger partial charge on any atom is 0.341 e. The summed E-state index contributed by atoms with van der Waals surface area (Å²) in [5.74, 6) is -2.01. The van der Waals surface area contributed by atoms with Crippen molar-refractivity contribution in [2.75, 3.05) is 11.9 Å². The Kier molecular flexibility index (Phi) is 4.67. The first-order chi connectivity index (χ1) is 13.6. The zero-order valence-electron chi connectivity index (χ0n) is 14.9. The molecule has 0 atom stereocenters. The summed E-state index contributed by atoms with van der Waals surface area (Å²) in [5.41, 5.74) is 1.32. The lowest BCUT2D eigenvalue weighted by Crippen LogP contribution is -2.23. The van der Waals surface area contributed by atoms with Crippen molar-refractivity contribution in [1.82, 2.24) is 4.98 Å². The average molecular weight is 392 g/mol. The molecule has 0 spiro atoms. The van der Waals surface area contributed by atoms with Crippen LogP contribution in [0.2, 0.25) is 0 Å². The highest BCUT2D eigenvalue weighted by atomic mass is 32.1. The van der Waals surface area contributed by atoms with E-state index in [1.807, 2.05) is 24.3 Å². The summed E-state index contributed by atoms with van der Waals surface area (Å²) in [4.78, 5) is 40.8. The number of hydrogen-bond acceptors (Lipinski definition) is 5. The van der Waals surface area contributed by atoms with Gasteiger partial charge in [-0.2, -0.15) is 0 Å². The molecule has 0 radical (unpaired) electrons. The molecule has 0 aliphatic carbocycles. The van der Waals surface area contributed by atoms with Gasteiger partial charge in [0.15, 0.2) is 0 Å². The molecule has 4 aromatic rings. The largest absolute Gasteiger partial charge is 0.462 e. The lowest BCUT2D eigenvalue weighted by Gasteiger charge is -2.06. The topological polar surface area (TPSA) is 88.3 Å². The first kappa shape index (κ1) is 17.9. The number of ether oxygens (including phenoxy) is 1. The Hall–Kier alpha value is -3.45. The maximum absolute atomic E-state index is 12.7. The number of anilines is 1. The van der Waals surface area contributed by atoms with Crippen molar-refractivity contribution in [2.45, 2.75) is 6.92 Å². The average Bonchev–Trinajstić information content (AvgIpc) is 3.28. The minimum Gasteiger partial charge on any atom is -0.462 e. The Balaban J connectivity index is 1.69. The van der Waals surface area contributed by atoms with Crippen LogP contribution in [0.5, 0.6) is 0 Å². The number of rotatable bonds is 5. The van der Waals surface area contributed by atoms with Gasteiger partial charge >= 0.3 is 5.97 Å². The zero-order chi connectivity index (χ0) is 19.7. The molecule has 7 heteroatoms. The smallest absolute Gasteiger partial charge is 0.341 e. The molecule has 1 amide bonds.